The number of benzene rings is 2. The number of methoxy groups -OCH3 is 3. The van der Waals surface area contributed by atoms with Gasteiger partial charge in [0.1, 0.15) is 5.69 Å². The largest absolute Gasteiger partial charge is 0.493 e. The summed E-state index contributed by atoms with van der Waals surface area (Å²) < 4.78 is 57.1. The number of nitrogens with one attached hydrogen (secondary N) is 1. The molecule has 1 amide bonds. The van der Waals surface area contributed by atoms with Gasteiger partial charge < -0.3 is 19.5 Å². The number of carbonyl (C=O) groups is 1. The number of amides is 1. The van der Waals surface area contributed by atoms with Crippen LogP contribution in [0.15, 0.2) is 48.7 Å². The van der Waals surface area contributed by atoms with Crippen molar-refractivity contribution in [2.45, 2.75) is 19.3 Å². The summed E-state index contributed by atoms with van der Waals surface area (Å²) in [4.78, 5) is 16.4. The molecule has 0 saturated heterocycles. The van der Waals surface area contributed by atoms with Crippen molar-refractivity contribution in [1.29, 1.82) is 0 Å². The van der Waals surface area contributed by atoms with Gasteiger partial charge in [-0.25, -0.2) is 9.88 Å². The van der Waals surface area contributed by atoms with Crippen molar-refractivity contribution in [2.24, 2.45) is 0 Å². The Morgan fingerprint density at radius 3 is 2.09 bits per heavy atom. The maximum atomic E-state index is 13.8. The van der Waals surface area contributed by atoms with Crippen LogP contribution >= 0.6 is 0 Å². The van der Waals surface area contributed by atoms with E-state index in [1.807, 2.05) is 0 Å². The topological polar surface area (TPSA) is 98.7 Å². The first-order chi connectivity index (χ1) is 16.2. The fraction of sp³-hybridized carbons (Fsp3) is 0.273. The van der Waals surface area contributed by atoms with E-state index in [4.69, 9.17) is 14.2 Å². The number of nitrogens with zero attached hydrogens (tertiary/aromatic N) is 4. The SMILES string of the molecule is COc1cc(Nc2ncc(C(C)N(C(=O)c3ccccc3)C(F)(F)F)nn2)cc(OC)c1OC. The minimum Gasteiger partial charge on any atom is -0.493 e. The number of hydrogen-bond donors (Lipinski definition) is 1. The van der Waals surface area contributed by atoms with Crippen LogP contribution < -0.4 is 19.5 Å². The Labute approximate surface area is 193 Å². The molecule has 1 heterocycles. The summed E-state index contributed by atoms with van der Waals surface area (Å²) in [6, 6.07) is 8.92. The molecule has 0 aliphatic rings. The zero-order chi connectivity index (χ0) is 24.9. The minimum atomic E-state index is -4.94. The van der Waals surface area contributed by atoms with Crippen molar-refractivity contribution in [3.05, 3.63) is 59.9 Å². The number of carbonyl (C=O) groups excluding carboxylic acids is 1. The van der Waals surface area contributed by atoms with E-state index in [1.165, 1.54) is 52.5 Å². The summed E-state index contributed by atoms with van der Waals surface area (Å²) in [5.74, 6) is -0.0557. The Hall–Kier alpha value is -4.09. The van der Waals surface area contributed by atoms with Crippen molar-refractivity contribution in [2.75, 3.05) is 26.6 Å². The van der Waals surface area contributed by atoms with Crippen LogP contribution in [-0.4, -0.2) is 53.6 Å². The third-order valence-electron chi connectivity index (χ3n) is 4.83. The second-order valence-corrected chi connectivity index (χ2v) is 6.93. The predicted molar refractivity (Wildman–Crippen MR) is 116 cm³/mol. The Kier molecular flexibility index (Phi) is 7.39. The number of rotatable bonds is 8. The third-order valence-corrected chi connectivity index (χ3v) is 4.83. The first-order valence-electron chi connectivity index (χ1n) is 9.91. The zero-order valence-corrected chi connectivity index (χ0v) is 18.8. The highest BCUT2D eigenvalue weighted by atomic mass is 19.4. The van der Waals surface area contributed by atoms with Gasteiger partial charge in [-0.05, 0) is 19.1 Å². The number of ether oxygens (including phenoxy) is 3. The van der Waals surface area contributed by atoms with E-state index in [9.17, 15) is 18.0 Å². The molecule has 0 radical (unpaired) electrons. The second kappa shape index (κ2) is 10.2. The van der Waals surface area contributed by atoms with Gasteiger partial charge in [0, 0.05) is 23.4 Å². The van der Waals surface area contributed by atoms with Crippen molar-refractivity contribution in [3.63, 3.8) is 0 Å². The molecule has 1 unspecified atom stereocenters. The van der Waals surface area contributed by atoms with Gasteiger partial charge in [-0.2, -0.15) is 0 Å². The van der Waals surface area contributed by atoms with Crippen LogP contribution in [0.1, 0.15) is 29.0 Å². The molecule has 1 atom stereocenters. The van der Waals surface area contributed by atoms with Gasteiger partial charge in [-0.15, -0.1) is 23.4 Å². The van der Waals surface area contributed by atoms with Gasteiger partial charge in [0.05, 0.1) is 33.6 Å². The molecule has 34 heavy (non-hydrogen) atoms. The van der Waals surface area contributed by atoms with Gasteiger partial charge in [-0.3, -0.25) is 4.79 Å². The average molecular weight is 477 g/mol. The van der Waals surface area contributed by atoms with Crippen LogP contribution in [0.3, 0.4) is 0 Å². The Morgan fingerprint density at radius 1 is 1.00 bits per heavy atom. The van der Waals surface area contributed by atoms with Crippen molar-refractivity contribution in [1.82, 2.24) is 20.1 Å². The second-order valence-electron chi connectivity index (χ2n) is 6.93. The highest BCUT2D eigenvalue weighted by Gasteiger charge is 2.45. The molecule has 9 nitrogen and oxygen atoms in total. The van der Waals surface area contributed by atoms with Crippen LogP contribution in [0.5, 0.6) is 17.2 Å². The van der Waals surface area contributed by atoms with E-state index >= 15 is 0 Å². The van der Waals surface area contributed by atoms with Crippen LogP contribution in [0, 0.1) is 0 Å². The molecule has 0 aliphatic heterocycles. The lowest BCUT2D eigenvalue weighted by Gasteiger charge is -2.30. The molecule has 3 rings (SSSR count). The lowest BCUT2D eigenvalue weighted by atomic mass is 10.1. The van der Waals surface area contributed by atoms with Gasteiger partial charge in [0.25, 0.3) is 5.91 Å². The standard InChI is InChI=1S/C22H22F3N5O4/c1-13(30(22(23,24)25)20(31)14-8-6-5-7-9-14)16-12-26-21(29-28-16)27-15-10-17(32-2)19(34-4)18(11-15)33-3/h5-13H,1-4H3,(H,26,27,29). The van der Waals surface area contributed by atoms with Crippen molar-refractivity contribution >= 4 is 17.5 Å². The molecule has 0 fully saturated rings. The molecule has 180 valence electrons. The molecule has 0 bridgehead atoms. The highest BCUT2D eigenvalue weighted by molar-refractivity contribution is 5.94. The van der Waals surface area contributed by atoms with E-state index in [0.717, 1.165) is 6.20 Å². The normalized spacial score (nSPS) is 12.0. The zero-order valence-electron chi connectivity index (χ0n) is 18.8. The minimum absolute atomic E-state index is 0.0122. The lowest BCUT2D eigenvalue weighted by Crippen LogP contribution is -2.44. The molecule has 1 aromatic heterocycles. The van der Waals surface area contributed by atoms with Crippen LogP contribution in [0.25, 0.3) is 0 Å². The molecule has 12 heteroatoms. The predicted octanol–water partition coefficient (Wildman–Crippen LogP) is 4.36. The van der Waals surface area contributed by atoms with Gasteiger partial charge in [0.15, 0.2) is 11.5 Å². The molecule has 0 spiro atoms. The van der Waals surface area contributed by atoms with Crippen LogP contribution in [-0.2, 0) is 0 Å². The van der Waals surface area contributed by atoms with Crippen LogP contribution in [0.2, 0.25) is 0 Å². The highest BCUT2D eigenvalue weighted by Crippen LogP contribution is 2.40. The number of hydrogen-bond acceptors (Lipinski definition) is 8. The van der Waals surface area contributed by atoms with Gasteiger partial charge >= 0.3 is 6.30 Å². The monoisotopic (exact) mass is 477 g/mol. The summed E-state index contributed by atoms with van der Waals surface area (Å²) in [6.45, 7) is 1.20. The molecule has 3 aromatic rings. The van der Waals surface area contributed by atoms with Crippen molar-refractivity contribution in [3.8, 4) is 17.2 Å². The summed E-state index contributed by atoms with van der Waals surface area (Å²) in [5, 5.41) is 10.6. The van der Waals surface area contributed by atoms with Gasteiger partial charge in [-0.1, -0.05) is 18.2 Å². The van der Waals surface area contributed by atoms with E-state index in [2.05, 4.69) is 20.5 Å². The summed E-state index contributed by atoms with van der Waals surface area (Å²) in [5.41, 5.74) is 0.221. The van der Waals surface area contributed by atoms with Crippen LogP contribution in [0.4, 0.5) is 24.8 Å². The first kappa shape index (κ1) is 24.6. The molecule has 2 aromatic carbocycles. The third kappa shape index (κ3) is 5.27. The maximum absolute atomic E-state index is 13.8. The van der Waals surface area contributed by atoms with E-state index in [0.29, 0.717) is 22.9 Å². The van der Waals surface area contributed by atoms with Crippen molar-refractivity contribution < 1.29 is 32.2 Å². The fourth-order valence-electron chi connectivity index (χ4n) is 3.18. The van der Waals surface area contributed by atoms with E-state index in [1.54, 1.807) is 18.2 Å². The summed E-state index contributed by atoms with van der Waals surface area (Å²) in [7, 11) is 4.38. The molecular weight excluding hydrogens is 455 g/mol. The Bertz CT molecular complexity index is 1100. The molecule has 0 aliphatic carbocycles. The van der Waals surface area contributed by atoms with Gasteiger partial charge in [0.2, 0.25) is 11.7 Å². The molecule has 0 saturated carbocycles. The smallest absolute Gasteiger partial charge is 0.487 e. The van der Waals surface area contributed by atoms with E-state index in [-0.39, 0.29) is 22.1 Å². The molecule has 1 N–H and O–H groups in total. The Morgan fingerprint density at radius 2 is 1.62 bits per heavy atom. The maximum Gasteiger partial charge on any atom is 0.487 e. The number of halogens is 3. The summed E-state index contributed by atoms with van der Waals surface area (Å²) >= 11 is 0. The Balaban J connectivity index is 1.85. The quantitative estimate of drug-likeness (QED) is 0.478. The lowest BCUT2D eigenvalue weighted by molar-refractivity contribution is -0.236. The fourth-order valence-corrected chi connectivity index (χ4v) is 3.18. The number of alkyl halides is 3. The number of aromatic nitrogens is 3. The van der Waals surface area contributed by atoms with E-state index < -0.39 is 18.2 Å². The average Bonchev–Trinajstić information content (AvgIpc) is 2.83. The first-order valence-corrected chi connectivity index (χ1v) is 9.91. The number of anilines is 2. The molecular formula is C22H22F3N5O4. The summed E-state index contributed by atoms with van der Waals surface area (Å²) in [6.07, 6.45) is -3.82.